The van der Waals surface area contributed by atoms with Crippen molar-refractivity contribution < 1.29 is 28.6 Å². The maximum atomic E-state index is 12.6. The molecule has 0 amide bonds. The predicted molar refractivity (Wildman–Crippen MR) is 140 cm³/mol. The first-order valence-electron chi connectivity index (χ1n) is 11.5. The van der Waals surface area contributed by atoms with Crippen LogP contribution in [0.15, 0.2) is 84.3 Å². The Morgan fingerprint density at radius 3 is 2.00 bits per heavy atom. The molecule has 3 rings (SSSR count). The first kappa shape index (κ1) is 26.8. The highest BCUT2D eigenvalue weighted by atomic mass is 32.2. The molecule has 0 atom stereocenters. The first-order chi connectivity index (χ1) is 17.4. The highest BCUT2D eigenvalue weighted by molar-refractivity contribution is 7.99. The molecule has 0 saturated heterocycles. The molecule has 36 heavy (non-hydrogen) atoms. The highest BCUT2D eigenvalue weighted by Crippen LogP contribution is 2.25. The van der Waals surface area contributed by atoms with Gasteiger partial charge in [0.2, 0.25) is 0 Å². The van der Waals surface area contributed by atoms with Crippen LogP contribution in [0.25, 0.3) is 0 Å². The molecule has 6 nitrogen and oxygen atoms in total. The van der Waals surface area contributed by atoms with E-state index in [1.807, 2.05) is 32.0 Å². The minimum atomic E-state index is -0.488. The summed E-state index contributed by atoms with van der Waals surface area (Å²) in [6, 6.07) is 18.9. The van der Waals surface area contributed by atoms with E-state index in [-0.39, 0.29) is 0 Å². The predicted octanol–water partition coefficient (Wildman–Crippen LogP) is 6.34. The summed E-state index contributed by atoms with van der Waals surface area (Å²) in [6.07, 6.45) is 2.83. The van der Waals surface area contributed by atoms with Crippen LogP contribution < -0.4 is 9.47 Å². The van der Waals surface area contributed by atoms with Crippen molar-refractivity contribution in [3.8, 4) is 11.5 Å². The lowest BCUT2D eigenvalue weighted by Crippen LogP contribution is -2.10. The zero-order valence-corrected chi connectivity index (χ0v) is 21.1. The molecular formula is C29H28O6S. The van der Waals surface area contributed by atoms with E-state index in [2.05, 4.69) is 6.58 Å². The van der Waals surface area contributed by atoms with Gasteiger partial charge in [0, 0.05) is 11.0 Å². The van der Waals surface area contributed by atoms with E-state index in [0.717, 1.165) is 40.7 Å². The van der Waals surface area contributed by atoms with Gasteiger partial charge in [0.25, 0.3) is 0 Å². The fourth-order valence-corrected chi connectivity index (χ4v) is 4.17. The van der Waals surface area contributed by atoms with E-state index in [0.29, 0.717) is 29.2 Å². The molecule has 0 N–H and O–H groups in total. The Kier molecular flexibility index (Phi) is 9.89. The van der Waals surface area contributed by atoms with Gasteiger partial charge in [-0.25, -0.2) is 14.4 Å². The maximum Gasteiger partial charge on any atom is 0.343 e. The number of carbonyl (C=O) groups excluding carboxylic acids is 3. The lowest BCUT2D eigenvalue weighted by Gasteiger charge is -2.09. The standard InChI is InChI=1S/C29H28O6S/c1-4-27(30)33-17-5-6-18-36-26-16-11-23(19-21(26)3)29(32)35-25-14-9-22(10-15-25)28(31)34-24-12-7-20(2)8-13-24/h4,7-16,19H,1,5-6,17-18H2,2-3H3. The van der Waals surface area contributed by atoms with Crippen molar-refractivity contribution in [1.82, 2.24) is 0 Å². The zero-order chi connectivity index (χ0) is 25.9. The van der Waals surface area contributed by atoms with Crippen molar-refractivity contribution in [3.05, 3.63) is 102 Å². The number of unbranched alkanes of at least 4 members (excludes halogenated alkanes) is 1. The lowest BCUT2D eigenvalue weighted by molar-refractivity contribution is -0.137. The first-order valence-corrected chi connectivity index (χ1v) is 12.5. The monoisotopic (exact) mass is 504 g/mol. The third-order valence-corrected chi connectivity index (χ3v) is 6.41. The number of ether oxygens (including phenoxy) is 3. The molecular weight excluding hydrogens is 476 g/mol. The highest BCUT2D eigenvalue weighted by Gasteiger charge is 2.13. The molecule has 0 radical (unpaired) electrons. The second-order valence-electron chi connectivity index (χ2n) is 8.02. The Hall–Kier alpha value is -3.84. The summed E-state index contributed by atoms with van der Waals surface area (Å²) in [5.41, 5.74) is 2.84. The number of thioether (sulfide) groups is 1. The topological polar surface area (TPSA) is 78.9 Å². The van der Waals surface area contributed by atoms with Crippen molar-refractivity contribution in [2.45, 2.75) is 31.6 Å². The molecule has 7 heteroatoms. The number of carbonyl (C=O) groups is 3. The number of rotatable bonds is 11. The molecule has 0 heterocycles. The molecule has 3 aromatic rings. The Morgan fingerprint density at radius 2 is 1.39 bits per heavy atom. The van der Waals surface area contributed by atoms with Crippen LogP contribution in [0.5, 0.6) is 11.5 Å². The number of hydrogen-bond donors (Lipinski definition) is 0. The molecule has 0 aromatic heterocycles. The van der Waals surface area contributed by atoms with Gasteiger partial charge >= 0.3 is 17.9 Å². The average Bonchev–Trinajstić information content (AvgIpc) is 2.88. The minimum absolute atomic E-state index is 0.333. The van der Waals surface area contributed by atoms with Crippen LogP contribution in [0.1, 0.15) is 44.7 Å². The third kappa shape index (κ3) is 8.13. The van der Waals surface area contributed by atoms with Gasteiger partial charge in [-0.1, -0.05) is 24.3 Å². The fourth-order valence-electron chi connectivity index (χ4n) is 3.15. The molecule has 0 aliphatic carbocycles. The normalized spacial score (nSPS) is 10.4. The molecule has 0 spiro atoms. The quantitative estimate of drug-likeness (QED) is 0.0991. The molecule has 0 fully saturated rings. The lowest BCUT2D eigenvalue weighted by atomic mass is 10.1. The van der Waals surface area contributed by atoms with E-state index < -0.39 is 17.9 Å². The average molecular weight is 505 g/mol. The second-order valence-corrected chi connectivity index (χ2v) is 9.16. The second kappa shape index (κ2) is 13.3. The van der Waals surface area contributed by atoms with Gasteiger partial charge in [0.05, 0.1) is 17.7 Å². The van der Waals surface area contributed by atoms with Crippen molar-refractivity contribution in [1.29, 1.82) is 0 Å². The van der Waals surface area contributed by atoms with E-state index in [1.54, 1.807) is 60.3 Å². The summed E-state index contributed by atoms with van der Waals surface area (Å²) in [6.45, 7) is 7.64. The molecule has 0 bridgehead atoms. The number of hydrogen-bond acceptors (Lipinski definition) is 7. The summed E-state index contributed by atoms with van der Waals surface area (Å²) in [5.74, 6) is 0.297. The van der Waals surface area contributed by atoms with Gasteiger partial charge in [-0.15, -0.1) is 11.8 Å². The SMILES string of the molecule is C=CC(=O)OCCCCSc1ccc(C(=O)Oc2ccc(C(=O)Oc3ccc(C)cc3)cc2)cc1C. The van der Waals surface area contributed by atoms with Gasteiger partial charge in [-0.05, 0) is 92.6 Å². The summed E-state index contributed by atoms with van der Waals surface area (Å²) >= 11 is 1.68. The van der Waals surface area contributed by atoms with E-state index in [1.165, 1.54) is 0 Å². The smallest absolute Gasteiger partial charge is 0.343 e. The molecule has 0 aliphatic heterocycles. The van der Waals surface area contributed by atoms with Gasteiger partial charge in [-0.3, -0.25) is 0 Å². The Morgan fingerprint density at radius 1 is 0.806 bits per heavy atom. The van der Waals surface area contributed by atoms with Crippen LogP contribution in [0, 0.1) is 13.8 Å². The summed E-state index contributed by atoms with van der Waals surface area (Å²) in [4.78, 5) is 37.0. The van der Waals surface area contributed by atoms with Gasteiger partial charge in [0.1, 0.15) is 11.5 Å². The molecule has 0 saturated carbocycles. The van der Waals surface area contributed by atoms with E-state index >= 15 is 0 Å². The van der Waals surface area contributed by atoms with Gasteiger partial charge in [0.15, 0.2) is 0 Å². The van der Waals surface area contributed by atoms with Crippen molar-refractivity contribution in [2.24, 2.45) is 0 Å². The minimum Gasteiger partial charge on any atom is -0.463 e. The Balaban J connectivity index is 1.49. The molecule has 0 unspecified atom stereocenters. The van der Waals surface area contributed by atoms with E-state index in [9.17, 15) is 14.4 Å². The van der Waals surface area contributed by atoms with Crippen LogP contribution in [0.2, 0.25) is 0 Å². The Bertz CT molecular complexity index is 1220. The maximum absolute atomic E-state index is 12.6. The summed E-state index contributed by atoms with van der Waals surface area (Å²) < 4.78 is 15.8. The van der Waals surface area contributed by atoms with Crippen LogP contribution >= 0.6 is 11.8 Å². The van der Waals surface area contributed by atoms with Gasteiger partial charge in [-0.2, -0.15) is 0 Å². The van der Waals surface area contributed by atoms with Crippen molar-refractivity contribution in [3.63, 3.8) is 0 Å². The van der Waals surface area contributed by atoms with Crippen molar-refractivity contribution >= 4 is 29.7 Å². The fraction of sp³-hybridized carbons (Fsp3) is 0.207. The van der Waals surface area contributed by atoms with Crippen LogP contribution in [-0.4, -0.2) is 30.3 Å². The molecule has 3 aromatic carbocycles. The van der Waals surface area contributed by atoms with Crippen LogP contribution in [0.3, 0.4) is 0 Å². The molecule has 0 aliphatic rings. The Labute approximate surface area is 215 Å². The van der Waals surface area contributed by atoms with Crippen LogP contribution in [-0.2, 0) is 9.53 Å². The van der Waals surface area contributed by atoms with Gasteiger partial charge < -0.3 is 14.2 Å². The number of esters is 3. The van der Waals surface area contributed by atoms with Crippen molar-refractivity contribution in [2.75, 3.05) is 12.4 Å². The third-order valence-electron chi connectivity index (χ3n) is 5.15. The summed E-state index contributed by atoms with van der Waals surface area (Å²) in [5, 5.41) is 0. The largest absolute Gasteiger partial charge is 0.463 e. The summed E-state index contributed by atoms with van der Waals surface area (Å²) in [7, 11) is 0. The number of benzene rings is 3. The van der Waals surface area contributed by atoms with E-state index in [4.69, 9.17) is 14.2 Å². The van der Waals surface area contributed by atoms with Crippen LogP contribution in [0.4, 0.5) is 0 Å². The zero-order valence-electron chi connectivity index (χ0n) is 20.3. The number of aryl methyl sites for hydroxylation is 2. The molecule has 186 valence electrons.